The fraction of sp³-hybridized carbons (Fsp3) is 0.769. The molecular weight excluding hydrogens is 360 g/mol. The maximum atomic E-state index is 11.5. The fourth-order valence-electron chi connectivity index (χ4n) is 4.08. The molecule has 3 heteroatoms. The Morgan fingerprint density at radius 2 is 1.48 bits per heavy atom. The lowest BCUT2D eigenvalue weighted by molar-refractivity contribution is -0.144. The Bertz CT molecular complexity index is 453. The first-order valence-electron chi connectivity index (χ1n) is 12.0. The van der Waals surface area contributed by atoms with E-state index in [1.54, 1.807) is 6.92 Å². The van der Waals surface area contributed by atoms with Gasteiger partial charge in [0.15, 0.2) is 0 Å². The summed E-state index contributed by atoms with van der Waals surface area (Å²) in [6.45, 7) is 6.14. The maximum Gasteiger partial charge on any atom is 0.306 e. The van der Waals surface area contributed by atoms with Crippen molar-refractivity contribution in [1.29, 1.82) is 0 Å². The summed E-state index contributed by atoms with van der Waals surface area (Å²) < 4.78 is 0. The molecule has 0 saturated carbocycles. The van der Waals surface area contributed by atoms with E-state index >= 15 is 0 Å². The van der Waals surface area contributed by atoms with Crippen molar-refractivity contribution in [3.63, 3.8) is 0 Å². The van der Waals surface area contributed by atoms with E-state index in [-0.39, 0.29) is 5.92 Å². The molecule has 3 atom stereocenters. The largest absolute Gasteiger partial charge is 0.481 e. The average molecular weight is 407 g/mol. The molecule has 0 aromatic rings. The van der Waals surface area contributed by atoms with Gasteiger partial charge in [-0.1, -0.05) is 103 Å². The molecule has 0 spiro atoms. The van der Waals surface area contributed by atoms with E-state index in [0.717, 1.165) is 51.2 Å². The van der Waals surface area contributed by atoms with Gasteiger partial charge in [0, 0.05) is 6.42 Å². The Kier molecular flexibility index (Phi) is 19.0. The van der Waals surface area contributed by atoms with Crippen LogP contribution in [0, 0.1) is 17.8 Å². The van der Waals surface area contributed by atoms with E-state index in [1.165, 1.54) is 38.5 Å². The molecule has 0 heterocycles. The lowest BCUT2D eigenvalue weighted by Gasteiger charge is -2.29. The van der Waals surface area contributed by atoms with Crippen LogP contribution in [0.15, 0.2) is 24.3 Å². The molecule has 1 N–H and O–H groups in total. The highest BCUT2D eigenvalue weighted by Crippen LogP contribution is 2.33. The Balaban J connectivity index is 4.46. The summed E-state index contributed by atoms with van der Waals surface area (Å²) in [5.41, 5.74) is 0. The van der Waals surface area contributed by atoms with Gasteiger partial charge < -0.3 is 9.90 Å². The monoisotopic (exact) mass is 406 g/mol. The number of aldehydes is 1. The van der Waals surface area contributed by atoms with E-state index in [4.69, 9.17) is 0 Å². The van der Waals surface area contributed by atoms with Crippen LogP contribution < -0.4 is 0 Å². The number of rotatable bonds is 20. The Morgan fingerprint density at radius 1 is 0.862 bits per heavy atom. The second-order valence-corrected chi connectivity index (χ2v) is 8.38. The molecule has 168 valence electrons. The quantitative estimate of drug-likeness (QED) is 0.128. The highest BCUT2D eigenvalue weighted by Gasteiger charge is 2.30. The van der Waals surface area contributed by atoms with Gasteiger partial charge in [-0.3, -0.25) is 4.79 Å². The molecule has 0 aromatic heterocycles. The van der Waals surface area contributed by atoms with Crippen LogP contribution in [0.25, 0.3) is 0 Å². The molecule has 0 amide bonds. The fourth-order valence-corrected chi connectivity index (χ4v) is 4.08. The molecule has 0 aromatic carbocycles. The number of carbonyl (C=O) groups excluding carboxylic acids is 1. The summed E-state index contributed by atoms with van der Waals surface area (Å²) in [4.78, 5) is 22.7. The van der Waals surface area contributed by atoms with Crippen LogP contribution in [-0.2, 0) is 9.59 Å². The van der Waals surface area contributed by atoms with Gasteiger partial charge in [-0.15, -0.1) is 0 Å². The number of carboxylic acid groups (broad SMARTS) is 1. The summed E-state index contributed by atoms with van der Waals surface area (Å²) in [7, 11) is 0. The normalized spacial score (nSPS) is 15.0. The predicted molar refractivity (Wildman–Crippen MR) is 124 cm³/mol. The third-order valence-electron chi connectivity index (χ3n) is 5.97. The number of aliphatic carboxylic acids is 1. The van der Waals surface area contributed by atoms with Crippen molar-refractivity contribution in [2.24, 2.45) is 17.8 Å². The maximum absolute atomic E-state index is 11.5. The van der Waals surface area contributed by atoms with Crippen molar-refractivity contribution in [2.45, 2.75) is 111 Å². The molecule has 3 unspecified atom stereocenters. The van der Waals surface area contributed by atoms with Crippen molar-refractivity contribution < 1.29 is 14.7 Å². The zero-order valence-corrected chi connectivity index (χ0v) is 19.3. The lowest BCUT2D eigenvalue weighted by atomic mass is 9.75. The van der Waals surface area contributed by atoms with Crippen LogP contribution in [0.1, 0.15) is 111 Å². The number of hydrogen-bond acceptors (Lipinski definition) is 2. The van der Waals surface area contributed by atoms with Crippen molar-refractivity contribution in [2.75, 3.05) is 0 Å². The third kappa shape index (κ3) is 15.2. The molecule has 0 saturated heterocycles. The minimum Gasteiger partial charge on any atom is -0.481 e. The number of hydrogen-bond donors (Lipinski definition) is 1. The van der Waals surface area contributed by atoms with E-state index < -0.39 is 11.9 Å². The summed E-state index contributed by atoms with van der Waals surface area (Å²) in [6.07, 6.45) is 25.2. The summed E-state index contributed by atoms with van der Waals surface area (Å²) in [6, 6.07) is 0. The molecule has 0 aliphatic carbocycles. The highest BCUT2D eigenvalue weighted by molar-refractivity contribution is 5.70. The van der Waals surface area contributed by atoms with E-state index in [9.17, 15) is 14.7 Å². The standard InChI is InChI=1S/C26H46O3/c1-4-6-8-10-11-12-13-14-16-18-20-24(19-17-15-9-7-5-2)25(21-22-27)23(3)26(28)29/h6,8,11-12,22-25H,4-5,7,9-10,13-21H2,1-3H3,(H,28,29). The van der Waals surface area contributed by atoms with Crippen molar-refractivity contribution in [3.05, 3.63) is 24.3 Å². The molecular formula is C26H46O3. The predicted octanol–water partition coefficient (Wildman–Crippen LogP) is 7.75. The average Bonchev–Trinajstić information content (AvgIpc) is 2.71. The first-order chi connectivity index (χ1) is 14.1. The summed E-state index contributed by atoms with van der Waals surface area (Å²) in [5.74, 6) is -0.890. The molecule has 0 aliphatic rings. The van der Waals surface area contributed by atoms with Crippen LogP contribution in [0.4, 0.5) is 0 Å². The number of carbonyl (C=O) groups is 2. The first kappa shape index (κ1) is 27.6. The zero-order valence-electron chi connectivity index (χ0n) is 19.3. The number of unbranched alkanes of at least 4 members (excludes halogenated alkanes) is 7. The number of allylic oxidation sites excluding steroid dienone is 4. The minimum absolute atomic E-state index is 0.0265. The van der Waals surface area contributed by atoms with Gasteiger partial charge in [0.25, 0.3) is 0 Å². The van der Waals surface area contributed by atoms with E-state index in [1.807, 2.05) is 0 Å². The van der Waals surface area contributed by atoms with Crippen LogP contribution in [0.3, 0.4) is 0 Å². The second-order valence-electron chi connectivity index (χ2n) is 8.38. The van der Waals surface area contributed by atoms with Crippen molar-refractivity contribution in [1.82, 2.24) is 0 Å². The molecule has 3 nitrogen and oxygen atoms in total. The first-order valence-corrected chi connectivity index (χ1v) is 12.0. The summed E-state index contributed by atoms with van der Waals surface area (Å²) in [5, 5.41) is 9.49. The van der Waals surface area contributed by atoms with Crippen LogP contribution in [0.2, 0.25) is 0 Å². The van der Waals surface area contributed by atoms with Crippen LogP contribution >= 0.6 is 0 Å². The Labute approximate surface area is 180 Å². The molecule has 0 aliphatic heterocycles. The second kappa shape index (κ2) is 19.9. The molecule has 0 radical (unpaired) electrons. The Morgan fingerprint density at radius 3 is 2.07 bits per heavy atom. The molecule has 0 rings (SSSR count). The topological polar surface area (TPSA) is 54.4 Å². The van der Waals surface area contributed by atoms with Gasteiger partial charge in [-0.2, -0.15) is 0 Å². The minimum atomic E-state index is -0.768. The van der Waals surface area contributed by atoms with Crippen molar-refractivity contribution >= 4 is 12.3 Å². The Hall–Kier alpha value is -1.38. The lowest BCUT2D eigenvalue weighted by Crippen LogP contribution is -2.28. The van der Waals surface area contributed by atoms with E-state index in [2.05, 4.69) is 38.2 Å². The number of carboxylic acids is 1. The van der Waals surface area contributed by atoms with Crippen molar-refractivity contribution in [3.8, 4) is 0 Å². The smallest absolute Gasteiger partial charge is 0.306 e. The molecule has 0 fully saturated rings. The van der Waals surface area contributed by atoms with Gasteiger partial charge in [0.05, 0.1) is 5.92 Å². The van der Waals surface area contributed by atoms with Crippen LogP contribution in [0.5, 0.6) is 0 Å². The highest BCUT2D eigenvalue weighted by atomic mass is 16.4. The SMILES string of the molecule is CCC=CCC=CCCCCCC(CCCCCCC)C(CC=O)C(C)C(=O)O. The van der Waals surface area contributed by atoms with Gasteiger partial charge >= 0.3 is 5.97 Å². The van der Waals surface area contributed by atoms with Crippen LogP contribution in [-0.4, -0.2) is 17.4 Å². The van der Waals surface area contributed by atoms with Gasteiger partial charge in [0.1, 0.15) is 6.29 Å². The molecule has 0 bridgehead atoms. The molecule has 29 heavy (non-hydrogen) atoms. The third-order valence-corrected chi connectivity index (χ3v) is 5.97. The zero-order chi connectivity index (χ0) is 21.7. The van der Waals surface area contributed by atoms with Gasteiger partial charge in [0.2, 0.25) is 0 Å². The van der Waals surface area contributed by atoms with Gasteiger partial charge in [-0.05, 0) is 37.5 Å². The van der Waals surface area contributed by atoms with E-state index in [0.29, 0.717) is 12.3 Å². The summed E-state index contributed by atoms with van der Waals surface area (Å²) >= 11 is 0. The van der Waals surface area contributed by atoms with Gasteiger partial charge in [-0.25, -0.2) is 0 Å².